The summed E-state index contributed by atoms with van der Waals surface area (Å²) in [7, 11) is 1.59. The van der Waals surface area contributed by atoms with Gasteiger partial charge in [0.1, 0.15) is 0 Å². The van der Waals surface area contributed by atoms with Crippen LogP contribution in [0.5, 0.6) is 0 Å². The molecule has 1 amide bonds. The summed E-state index contributed by atoms with van der Waals surface area (Å²) in [6.07, 6.45) is -0.369. The maximum absolute atomic E-state index is 11.0. The molecule has 6 nitrogen and oxygen atoms in total. The molecule has 0 spiro atoms. The minimum atomic E-state index is -0.945. The van der Waals surface area contributed by atoms with E-state index in [0.29, 0.717) is 32.7 Å². The molecule has 0 aromatic rings. The van der Waals surface area contributed by atoms with Crippen molar-refractivity contribution in [1.29, 1.82) is 0 Å². The first-order valence-electron chi connectivity index (χ1n) is 4.91. The number of amides is 1. The SMILES string of the molecule is CNC(=O)CCN1CCOC(C(=O)O)C1. The van der Waals surface area contributed by atoms with Crippen molar-refractivity contribution >= 4 is 11.9 Å². The average molecular weight is 216 g/mol. The molecule has 15 heavy (non-hydrogen) atoms. The van der Waals surface area contributed by atoms with E-state index in [-0.39, 0.29) is 5.91 Å². The number of carbonyl (C=O) groups excluding carboxylic acids is 1. The van der Waals surface area contributed by atoms with Gasteiger partial charge in [-0.3, -0.25) is 9.69 Å². The molecule has 0 aliphatic carbocycles. The van der Waals surface area contributed by atoms with Crippen molar-refractivity contribution in [2.75, 3.05) is 33.3 Å². The molecule has 1 atom stereocenters. The maximum atomic E-state index is 11.0. The number of carbonyl (C=O) groups is 2. The van der Waals surface area contributed by atoms with Gasteiger partial charge >= 0.3 is 5.97 Å². The monoisotopic (exact) mass is 216 g/mol. The van der Waals surface area contributed by atoms with Crippen molar-refractivity contribution in [3.63, 3.8) is 0 Å². The van der Waals surface area contributed by atoms with Crippen LogP contribution in [-0.4, -0.2) is 61.3 Å². The molecule has 1 aliphatic heterocycles. The van der Waals surface area contributed by atoms with E-state index >= 15 is 0 Å². The van der Waals surface area contributed by atoms with E-state index in [2.05, 4.69) is 5.32 Å². The lowest BCUT2D eigenvalue weighted by atomic mass is 10.2. The molecule has 0 saturated carbocycles. The van der Waals surface area contributed by atoms with Crippen LogP contribution in [0.4, 0.5) is 0 Å². The second kappa shape index (κ2) is 5.67. The van der Waals surface area contributed by atoms with Crippen molar-refractivity contribution in [1.82, 2.24) is 10.2 Å². The number of hydrogen-bond acceptors (Lipinski definition) is 4. The van der Waals surface area contributed by atoms with Crippen molar-refractivity contribution in [3.8, 4) is 0 Å². The van der Waals surface area contributed by atoms with Gasteiger partial charge in [0.05, 0.1) is 6.61 Å². The number of ether oxygens (including phenoxy) is 1. The third-order valence-corrected chi connectivity index (χ3v) is 2.36. The van der Waals surface area contributed by atoms with E-state index in [4.69, 9.17) is 9.84 Å². The van der Waals surface area contributed by atoms with Gasteiger partial charge in [-0.25, -0.2) is 4.79 Å². The number of nitrogens with one attached hydrogen (secondary N) is 1. The van der Waals surface area contributed by atoms with E-state index < -0.39 is 12.1 Å². The Kier molecular flexibility index (Phi) is 4.51. The Labute approximate surface area is 88.2 Å². The lowest BCUT2D eigenvalue weighted by Gasteiger charge is -2.30. The van der Waals surface area contributed by atoms with Gasteiger partial charge in [0.15, 0.2) is 6.10 Å². The van der Waals surface area contributed by atoms with Crippen LogP contribution in [0.2, 0.25) is 0 Å². The van der Waals surface area contributed by atoms with Crippen molar-refractivity contribution in [3.05, 3.63) is 0 Å². The van der Waals surface area contributed by atoms with Gasteiger partial charge in [0.2, 0.25) is 5.91 Å². The first-order chi connectivity index (χ1) is 7.13. The van der Waals surface area contributed by atoms with Crippen LogP contribution in [0.1, 0.15) is 6.42 Å². The van der Waals surface area contributed by atoms with Gasteiger partial charge < -0.3 is 15.2 Å². The fraction of sp³-hybridized carbons (Fsp3) is 0.778. The van der Waals surface area contributed by atoms with Crippen LogP contribution in [0.25, 0.3) is 0 Å². The van der Waals surface area contributed by atoms with Crippen LogP contribution in [0.15, 0.2) is 0 Å². The summed E-state index contributed by atoms with van der Waals surface area (Å²) in [5, 5.41) is 11.3. The summed E-state index contributed by atoms with van der Waals surface area (Å²) in [5.41, 5.74) is 0. The molecule has 1 fully saturated rings. The van der Waals surface area contributed by atoms with Crippen LogP contribution in [0, 0.1) is 0 Å². The summed E-state index contributed by atoms with van der Waals surface area (Å²) in [5.74, 6) is -0.979. The quantitative estimate of drug-likeness (QED) is 0.624. The first-order valence-corrected chi connectivity index (χ1v) is 4.91. The van der Waals surface area contributed by atoms with Crippen LogP contribution >= 0.6 is 0 Å². The Morgan fingerprint density at radius 3 is 2.93 bits per heavy atom. The third-order valence-electron chi connectivity index (χ3n) is 2.36. The zero-order chi connectivity index (χ0) is 11.3. The van der Waals surface area contributed by atoms with E-state index in [1.54, 1.807) is 7.05 Å². The molecule has 1 rings (SSSR count). The highest BCUT2D eigenvalue weighted by molar-refractivity contribution is 5.75. The third kappa shape index (κ3) is 3.85. The predicted octanol–water partition coefficient (Wildman–Crippen LogP) is -1.09. The van der Waals surface area contributed by atoms with Gasteiger partial charge in [-0.15, -0.1) is 0 Å². The van der Waals surface area contributed by atoms with E-state index in [1.807, 2.05) is 4.90 Å². The largest absolute Gasteiger partial charge is 0.479 e. The zero-order valence-electron chi connectivity index (χ0n) is 8.73. The maximum Gasteiger partial charge on any atom is 0.334 e. The van der Waals surface area contributed by atoms with Gasteiger partial charge in [0, 0.05) is 33.1 Å². The lowest BCUT2D eigenvalue weighted by Crippen LogP contribution is -2.46. The number of hydrogen-bond donors (Lipinski definition) is 2. The number of carboxylic acid groups (broad SMARTS) is 1. The molecule has 86 valence electrons. The Hall–Kier alpha value is -1.14. The van der Waals surface area contributed by atoms with Gasteiger partial charge in [0.25, 0.3) is 0 Å². The first kappa shape index (κ1) is 11.9. The number of rotatable bonds is 4. The molecule has 1 aliphatic rings. The van der Waals surface area contributed by atoms with Crippen LogP contribution in [0.3, 0.4) is 0 Å². The van der Waals surface area contributed by atoms with E-state index in [9.17, 15) is 9.59 Å². The van der Waals surface area contributed by atoms with E-state index in [1.165, 1.54) is 0 Å². The summed E-state index contributed by atoms with van der Waals surface area (Å²) >= 11 is 0. The lowest BCUT2D eigenvalue weighted by molar-refractivity contribution is -0.156. The molecule has 0 bridgehead atoms. The normalized spacial score (nSPS) is 22.3. The summed E-state index contributed by atoms with van der Waals surface area (Å²) in [6.45, 7) is 2.02. The van der Waals surface area contributed by atoms with Gasteiger partial charge in [-0.05, 0) is 0 Å². The minimum absolute atomic E-state index is 0.0339. The average Bonchev–Trinajstić information content (AvgIpc) is 2.26. The standard InChI is InChI=1S/C9H16N2O4/c1-10-8(12)2-3-11-4-5-15-7(6-11)9(13)14/h7H,2-6H2,1H3,(H,10,12)(H,13,14). The van der Waals surface area contributed by atoms with Crippen molar-refractivity contribution in [2.24, 2.45) is 0 Å². The second-order valence-corrected chi connectivity index (χ2v) is 3.42. The molecule has 0 aromatic heterocycles. The molecule has 1 heterocycles. The summed E-state index contributed by atoms with van der Waals surface area (Å²) in [6, 6.07) is 0. The van der Waals surface area contributed by atoms with E-state index in [0.717, 1.165) is 0 Å². The highest BCUT2D eigenvalue weighted by Gasteiger charge is 2.25. The second-order valence-electron chi connectivity index (χ2n) is 3.42. The number of carboxylic acids is 1. The van der Waals surface area contributed by atoms with Gasteiger partial charge in [-0.2, -0.15) is 0 Å². The number of nitrogens with zero attached hydrogens (tertiary/aromatic N) is 1. The van der Waals surface area contributed by atoms with Crippen molar-refractivity contribution < 1.29 is 19.4 Å². The summed E-state index contributed by atoms with van der Waals surface area (Å²) < 4.78 is 5.06. The molecular formula is C9H16N2O4. The number of aliphatic carboxylic acids is 1. The molecular weight excluding hydrogens is 200 g/mol. The minimum Gasteiger partial charge on any atom is -0.479 e. The molecule has 6 heteroatoms. The highest BCUT2D eigenvalue weighted by atomic mass is 16.5. The summed E-state index contributed by atoms with van der Waals surface area (Å²) in [4.78, 5) is 23.6. The van der Waals surface area contributed by atoms with Crippen LogP contribution in [-0.2, 0) is 14.3 Å². The van der Waals surface area contributed by atoms with Gasteiger partial charge in [-0.1, -0.05) is 0 Å². The Balaban J connectivity index is 2.30. The fourth-order valence-electron chi connectivity index (χ4n) is 1.44. The fourth-order valence-corrected chi connectivity index (χ4v) is 1.44. The molecule has 1 saturated heterocycles. The predicted molar refractivity (Wildman–Crippen MR) is 52.5 cm³/mol. The molecule has 0 aromatic carbocycles. The Morgan fingerprint density at radius 2 is 2.33 bits per heavy atom. The smallest absolute Gasteiger partial charge is 0.334 e. The molecule has 1 unspecified atom stereocenters. The zero-order valence-corrected chi connectivity index (χ0v) is 8.73. The Morgan fingerprint density at radius 1 is 1.60 bits per heavy atom. The van der Waals surface area contributed by atoms with Crippen molar-refractivity contribution in [2.45, 2.75) is 12.5 Å². The highest BCUT2D eigenvalue weighted by Crippen LogP contribution is 2.05. The Bertz CT molecular complexity index is 244. The molecule has 0 radical (unpaired) electrons. The number of morpholine rings is 1. The molecule has 2 N–H and O–H groups in total. The topological polar surface area (TPSA) is 78.9 Å². The van der Waals surface area contributed by atoms with Crippen LogP contribution < -0.4 is 5.32 Å².